The third-order valence-electron chi connectivity index (χ3n) is 3.19. The molecule has 3 heteroatoms. The molecule has 3 nitrogen and oxygen atoms in total. The van der Waals surface area contributed by atoms with Crippen molar-refractivity contribution < 1.29 is 4.74 Å². The molecule has 0 aromatic rings. The first-order valence-electron chi connectivity index (χ1n) is 5.70. The highest BCUT2D eigenvalue weighted by molar-refractivity contribution is 4.94. The first kappa shape index (κ1) is 10.4. The van der Waals surface area contributed by atoms with Crippen molar-refractivity contribution >= 4 is 0 Å². The third-order valence-corrected chi connectivity index (χ3v) is 3.19. The van der Waals surface area contributed by atoms with Crippen LogP contribution in [0.25, 0.3) is 0 Å². The smallest absolute Gasteiger partial charge is 0.122 e. The summed E-state index contributed by atoms with van der Waals surface area (Å²) in [5, 5.41) is 7.00. The van der Waals surface area contributed by atoms with E-state index in [1.807, 2.05) is 0 Å². The summed E-state index contributed by atoms with van der Waals surface area (Å²) in [4.78, 5) is 0. The third kappa shape index (κ3) is 2.10. The van der Waals surface area contributed by atoms with E-state index >= 15 is 0 Å². The molecule has 2 N–H and O–H groups in total. The maximum absolute atomic E-state index is 6.22. The monoisotopic (exact) mass is 198 g/mol. The van der Waals surface area contributed by atoms with E-state index in [0.29, 0.717) is 6.04 Å². The standard InChI is InChI=1S/C11H22N2O/c1-9-8-10(2,3)14-11(13-9)4-6-12-7-5-11/h9,12-13H,4-8H2,1-3H3. The van der Waals surface area contributed by atoms with Crippen molar-refractivity contribution in [2.24, 2.45) is 0 Å². The van der Waals surface area contributed by atoms with Crippen molar-refractivity contribution in [3.05, 3.63) is 0 Å². The predicted octanol–water partition coefficient (Wildman–Crippen LogP) is 1.24. The van der Waals surface area contributed by atoms with Crippen molar-refractivity contribution in [3.8, 4) is 0 Å². The van der Waals surface area contributed by atoms with Crippen molar-refractivity contribution in [1.29, 1.82) is 0 Å². The lowest BCUT2D eigenvalue weighted by atomic mass is 9.90. The SMILES string of the molecule is CC1CC(C)(C)OC2(CCNCC2)N1. The van der Waals surface area contributed by atoms with Gasteiger partial charge in [0.1, 0.15) is 5.72 Å². The van der Waals surface area contributed by atoms with E-state index in [1.54, 1.807) is 0 Å². The van der Waals surface area contributed by atoms with E-state index < -0.39 is 0 Å². The second kappa shape index (κ2) is 3.47. The Bertz CT molecular complexity index is 209. The van der Waals surface area contributed by atoms with Gasteiger partial charge in [0.15, 0.2) is 0 Å². The Balaban J connectivity index is 2.10. The van der Waals surface area contributed by atoms with Crippen LogP contribution in [0.2, 0.25) is 0 Å². The summed E-state index contributed by atoms with van der Waals surface area (Å²) in [6, 6.07) is 0.567. The highest BCUT2D eigenvalue weighted by atomic mass is 16.5. The van der Waals surface area contributed by atoms with Crippen molar-refractivity contribution in [3.63, 3.8) is 0 Å². The number of hydrogen-bond donors (Lipinski definition) is 2. The molecule has 0 aromatic carbocycles. The average molecular weight is 198 g/mol. The Labute approximate surface area is 86.6 Å². The van der Waals surface area contributed by atoms with E-state index in [9.17, 15) is 0 Å². The lowest BCUT2D eigenvalue weighted by Crippen LogP contribution is -2.64. The van der Waals surface area contributed by atoms with E-state index in [2.05, 4.69) is 31.4 Å². The van der Waals surface area contributed by atoms with Gasteiger partial charge in [-0.05, 0) is 40.3 Å². The van der Waals surface area contributed by atoms with Crippen molar-refractivity contribution in [2.75, 3.05) is 13.1 Å². The fourth-order valence-corrected chi connectivity index (χ4v) is 2.91. The molecule has 82 valence electrons. The first-order chi connectivity index (χ1) is 6.52. The van der Waals surface area contributed by atoms with Gasteiger partial charge in [-0.2, -0.15) is 0 Å². The van der Waals surface area contributed by atoms with E-state index in [-0.39, 0.29) is 11.3 Å². The van der Waals surface area contributed by atoms with Gasteiger partial charge in [0.2, 0.25) is 0 Å². The number of piperidine rings is 1. The molecule has 2 rings (SSSR count). The Hall–Kier alpha value is -0.120. The summed E-state index contributed by atoms with van der Waals surface area (Å²) in [6.45, 7) is 8.79. The zero-order chi connectivity index (χ0) is 10.2. The summed E-state index contributed by atoms with van der Waals surface area (Å²) in [5.41, 5.74) is -0.0194. The van der Waals surface area contributed by atoms with Gasteiger partial charge in [-0.15, -0.1) is 0 Å². The number of ether oxygens (including phenoxy) is 1. The van der Waals surface area contributed by atoms with Gasteiger partial charge in [0.25, 0.3) is 0 Å². The summed E-state index contributed by atoms with van der Waals surface area (Å²) in [5.74, 6) is 0. The molecule has 0 aromatic heterocycles. The minimum absolute atomic E-state index is 0.0298. The second-order valence-electron chi connectivity index (χ2n) is 5.36. The Morgan fingerprint density at radius 2 is 1.86 bits per heavy atom. The van der Waals surface area contributed by atoms with Gasteiger partial charge < -0.3 is 10.1 Å². The van der Waals surface area contributed by atoms with E-state index in [1.165, 1.54) is 0 Å². The molecular weight excluding hydrogens is 176 g/mol. The maximum atomic E-state index is 6.22. The van der Waals surface area contributed by atoms with Crippen molar-refractivity contribution in [1.82, 2.24) is 10.6 Å². The lowest BCUT2D eigenvalue weighted by Gasteiger charge is -2.50. The molecule has 2 fully saturated rings. The Morgan fingerprint density at radius 1 is 1.21 bits per heavy atom. The largest absolute Gasteiger partial charge is 0.355 e. The molecule has 2 aliphatic heterocycles. The van der Waals surface area contributed by atoms with Gasteiger partial charge in [-0.3, -0.25) is 5.32 Å². The van der Waals surface area contributed by atoms with Crippen LogP contribution in [0.5, 0.6) is 0 Å². The summed E-state index contributed by atoms with van der Waals surface area (Å²) < 4.78 is 6.22. The topological polar surface area (TPSA) is 33.3 Å². The summed E-state index contributed by atoms with van der Waals surface area (Å²) in [6.07, 6.45) is 3.27. The minimum atomic E-state index is -0.0492. The van der Waals surface area contributed by atoms with Crippen LogP contribution in [0, 0.1) is 0 Å². The number of hydrogen-bond acceptors (Lipinski definition) is 3. The fraction of sp³-hybridized carbons (Fsp3) is 1.00. The molecule has 14 heavy (non-hydrogen) atoms. The zero-order valence-corrected chi connectivity index (χ0v) is 9.52. The molecule has 0 bridgehead atoms. The quantitative estimate of drug-likeness (QED) is 0.614. The van der Waals surface area contributed by atoms with Crippen LogP contribution in [-0.4, -0.2) is 30.5 Å². The first-order valence-corrected chi connectivity index (χ1v) is 5.70. The Morgan fingerprint density at radius 3 is 2.43 bits per heavy atom. The number of rotatable bonds is 0. The number of nitrogens with one attached hydrogen (secondary N) is 2. The zero-order valence-electron chi connectivity index (χ0n) is 9.52. The highest BCUT2D eigenvalue weighted by Crippen LogP contribution is 2.34. The van der Waals surface area contributed by atoms with Gasteiger partial charge in [0.05, 0.1) is 5.60 Å². The lowest BCUT2D eigenvalue weighted by molar-refractivity contribution is -0.206. The Kier molecular flexibility index (Phi) is 2.58. The molecule has 0 saturated carbocycles. The van der Waals surface area contributed by atoms with Gasteiger partial charge in [-0.25, -0.2) is 0 Å². The van der Waals surface area contributed by atoms with E-state index in [0.717, 1.165) is 32.4 Å². The molecule has 0 radical (unpaired) electrons. The van der Waals surface area contributed by atoms with E-state index in [4.69, 9.17) is 4.74 Å². The molecule has 1 unspecified atom stereocenters. The van der Waals surface area contributed by atoms with Crippen LogP contribution in [0.4, 0.5) is 0 Å². The molecule has 0 aliphatic carbocycles. The van der Waals surface area contributed by atoms with Crippen LogP contribution >= 0.6 is 0 Å². The van der Waals surface area contributed by atoms with Crippen LogP contribution < -0.4 is 10.6 Å². The fourth-order valence-electron chi connectivity index (χ4n) is 2.91. The van der Waals surface area contributed by atoms with Crippen LogP contribution in [0.3, 0.4) is 0 Å². The average Bonchev–Trinajstić information content (AvgIpc) is 2.00. The molecule has 0 amide bonds. The van der Waals surface area contributed by atoms with Crippen LogP contribution in [0.1, 0.15) is 40.0 Å². The molecule has 2 saturated heterocycles. The second-order valence-corrected chi connectivity index (χ2v) is 5.36. The molecular formula is C11H22N2O. The normalized spacial score (nSPS) is 35.8. The van der Waals surface area contributed by atoms with Crippen molar-refractivity contribution in [2.45, 2.75) is 57.4 Å². The van der Waals surface area contributed by atoms with Crippen LogP contribution in [0.15, 0.2) is 0 Å². The van der Waals surface area contributed by atoms with Gasteiger partial charge in [0, 0.05) is 18.9 Å². The van der Waals surface area contributed by atoms with Gasteiger partial charge in [-0.1, -0.05) is 0 Å². The minimum Gasteiger partial charge on any atom is -0.355 e. The summed E-state index contributed by atoms with van der Waals surface area (Å²) >= 11 is 0. The summed E-state index contributed by atoms with van der Waals surface area (Å²) in [7, 11) is 0. The molecule has 1 spiro atoms. The predicted molar refractivity (Wildman–Crippen MR) is 57.2 cm³/mol. The van der Waals surface area contributed by atoms with Gasteiger partial charge >= 0.3 is 0 Å². The molecule has 1 atom stereocenters. The van der Waals surface area contributed by atoms with Crippen LogP contribution in [-0.2, 0) is 4.74 Å². The maximum Gasteiger partial charge on any atom is 0.122 e. The molecule has 2 heterocycles. The molecule has 2 aliphatic rings. The highest BCUT2D eigenvalue weighted by Gasteiger charge is 2.43.